The maximum atomic E-state index is 12.6. The van der Waals surface area contributed by atoms with Crippen molar-refractivity contribution >= 4 is 16.0 Å². The summed E-state index contributed by atoms with van der Waals surface area (Å²) in [6.07, 6.45) is 46.6. The standard InChI is InChI=1S/C46H91NO6S/c1-3-5-7-9-11-13-15-17-19-21-22-23-24-25-27-28-30-32-34-36-38-40-44(48)43(42-54(51,52)53)47-46(50)45(49)41-39-37-35-33-31-29-26-20-18-16-14-12-10-8-6-4-2/h18,20,43-45,48-49H,3-17,19,21-42H2,1-2H3,(H,47,50)(H,51,52,53)/b20-18-. The van der Waals surface area contributed by atoms with Crippen molar-refractivity contribution in [3.05, 3.63) is 12.2 Å². The molecule has 0 aromatic rings. The number of carbonyl (C=O) groups excluding carboxylic acids is 1. The Morgan fingerprint density at radius 1 is 0.481 bits per heavy atom. The molecule has 0 aliphatic carbocycles. The quantitative estimate of drug-likeness (QED) is 0.0277. The van der Waals surface area contributed by atoms with Crippen LogP contribution < -0.4 is 5.32 Å². The minimum Gasteiger partial charge on any atom is -0.391 e. The number of aliphatic hydroxyl groups excluding tert-OH is 2. The van der Waals surface area contributed by atoms with Gasteiger partial charge in [-0.1, -0.05) is 225 Å². The van der Waals surface area contributed by atoms with Gasteiger partial charge < -0.3 is 15.5 Å². The van der Waals surface area contributed by atoms with Gasteiger partial charge >= 0.3 is 0 Å². The van der Waals surface area contributed by atoms with Crippen LogP contribution in [0.5, 0.6) is 0 Å². The Balaban J connectivity index is 3.88. The second-order valence-corrected chi connectivity index (χ2v) is 18.0. The minimum atomic E-state index is -4.41. The third-order valence-electron chi connectivity index (χ3n) is 11.1. The maximum Gasteiger partial charge on any atom is 0.266 e. The van der Waals surface area contributed by atoms with Gasteiger partial charge in [-0.05, 0) is 38.5 Å². The van der Waals surface area contributed by atoms with E-state index in [1.54, 1.807) is 0 Å². The van der Waals surface area contributed by atoms with Crippen LogP contribution >= 0.6 is 0 Å². The summed E-state index contributed by atoms with van der Waals surface area (Å²) < 4.78 is 32.7. The molecule has 0 fully saturated rings. The maximum absolute atomic E-state index is 12.6. The summed E-state index contributed by atoms with van der Waals surface area (Å²) in [5, 5.41) is 23.6. The summed E-state index contributed by atoms with van der Waals surface area (Å²) >= 11 is 0. The van der Waals surface area contributed by atoms with E-state index in [1.165, 1.54) is 167 Å². The predicted octanol–water partition coefficient (Wildman–Crippen LogP) is 13.1. The minimum absolute atomic E-state index is 0.293. The van der Waals surface area contributed by atoms with Crippen LogP contribution in [-0.2, 0) is 14.9 Å². The molecular formula is C46H91NO6S. The largest absolute Gasteiger partial charge is 0.391 e. The highest BCUT2D eigenvalue weighted by molar-refractivity contribution is 7.85. The molecular weight excluding hydrogens is 695 g/mol. The monoisotopic (exact) mass is 786 g/mol. The van der Waals surface area contributed by atoms with Crippen LogP contribution in [-0.4, -0.2) is 53.1 Å². The van der Waals surface area contributed by atoms with Crippen molar-refractivity contribution in [3.63, 3.8) is 0 Å². The van der Waals surface area contributed by atoms with E-state index in [2.05, 4.69) is 31.3 Å². The lowest BCUT2D eigenvalue weighted by Gasteiger charge is -2.24. The summed E-state index contributed by atoms with van der Waals surface area (Å²) in [5.74, 6) is -1.45. The lowest BCUT2D eigenvalue weighted by Crippen LogP contribution is -2.50. The summed E-state index contributed by atoms with van der Waals surface area (Å²) in [6.45, 7) is 4.53. The highest BCUT2D eigenvalue weighted by Gasteiger charge is 2.28. The fourth-order valence-corrected chi connectivity index (χ4v) is 8.22. The number of aliphatic hydroxyl groups is 2. The van der Waals surface area contributed by atoms with Crippen molar-refractivity contribution in [1.82, 2.24) is 5.32 Å². The molecule has 8 heteroatoms. The Bertz CT molecular complexity index is 926. The second-order valence-electron chi connectivity index (χ2n) is 16.5. The summed E-state index contributed by atoms with van der Waals surface area (Å²) in [5.41, 5.74) is 0. The fourth-order valence-electron chi connectivity index (χ4n) is 7.46. The summed E-state index contributed by atoms with van der Waals surface area (Å²) in [6, 6.07) is -1.15. The van der Waals surface area contributed by atoms with Crippen molar-refractivity contribution in [1.29, 1.82) is 0 Å². The molecule has 3 atom stereocenters. The van der Waals surface area contributed by atoms with Crippen LogP contribution in [0.15, 0.2) is 12.2 Å². The highest BCUT2D eigenvalue weighted by atomic mass is 32.2. The number of hydrogen-bond acceptors (Lipinski definition) is 5. The first-order chi connectivity index (χ1) is 26.2. The molecule has 0 saturated heterocycles. The molecule has 4 N–H and O–H groups in total. The zero-order chi connectivity index (χ0) is 39.8. The second kappa shape index (κ2) is 40.2. The van der Waals surface area contributed by atoms with E-state index >= 15 is 0 Å². The van der Waals surface area contributed by atoms with Crippen LogP contribution in [0, 0.1) is 0 Å². The molecule has 7 nitrogen and oxygen atoms in total. The van der Waals surface area contributed by atoms with Crippen molar-refractivity contribution in [2.45, 2.75) is 270 Å². The van der Waals surface area contributed by atoms with Crippen molar-refractivity contribution < 1.29 is 28.0 Å². The lowest BCUT2D eigenvalue weighted by atomic mass is 10.0. The topological polar surface area (TPSA) is 124 Å². The third kappa shape index (κ3) is 39.3. The molecule has 0 saturated carbocycles. The molecule has 0 heterocycles. The van der Waals surface area contributed by atoms with Gasteiger partial charge in [-0.2, -0.15) is 8.42 Å². The Kier molecular flexibility index (Phi) is 39.5. The van der Waals surface area contributed by atoms with Crippen LogP contribution in [0.4, 0.5) is 0 Å². The number of unbranched alkanes of at least 4 members (excludes halogenated alkanes) is 32. The van der Waals surface area contributed by atoms with Crippen molar-refractivity contribution in [3.8, 4) is 0 Å². The zero-order valence-corrected chi connectivity index (χ0v) is 36.5. The average Bonchev–Trinajstić information content (AvgIpc) is 3.14. The SMILES string of the molecule is CCCCCCCC/C=C\CCCCCCCCC(O)C(=O)NC(CS(=O)(=O)O)C(O)CCCCCCCCCCCCCCCCCCCCCCC. The Morgan fingerprint density at radius 2 is 0.778 bits per heavy atom. The van der Waals surface area contributed by atoms with Crippen LogP contribution in [0.3, 0.4) is 0 Å². The molecule has 0 spiro atoms. The molecule has 54 heavy (non-hydrogen) atoms. The van der Waals surface area contributed by atoms with Crippen molar-refractivity contribution in [2.75, 3.05) is 5.75 Å². The van der Waals surface area contributed by atoms with Crippen LogP contribution in [0.1, 0.15) is 251 Å². The molecule has 0 aliphatic rings. The fraction of sp³-hybridized carbons (Fsp3) is 0.935. The zero-order valence-electron chi connectivity index (χ0n) is 35.7. The lowest BCUT2D eigenvalue weighted by molar-refractivity contribution is -0.131. The van der Waals surface area contributed by atoms with Gasteiger partial charge in [0.25, 0.3) is 10.1 Å². The molecule has 0 aromatic carbocycles. The van der Waals surface area contributed by atoms with E-state index in [1.807, 2.05) is 0 Å². The van der Waals surface area contributed by atoms with Gasteiger partial charge in [0.1, 0.15) is 6.10 Å². The molecule has 0 aliphatic heterocycles. The normalized spacial score (nSPS) is 13.8. The molecule has 1 amide bonds. The van der Waals surface area contributed by atoms with Gasteiger partial charge in [0.2, 0.25) is 5.91 Å². The van der Waals surface area contributed by atoms with E-state index in [9.17, 15) is 28.0 Å². The van der Waals surface area contributed by atoms with Crippen LogP contribution in [0.2, 0.25) is 0 Å². The van der Waals surface area contributed by atoms with E-state index in [-0.39, 0.29) is 0 Å². The summed E-state index contributed by atoms with van der Waals surface area (Å²) in [7, 11) is -4.41. The molecule has 322 valence electrons. The van der Waals surface area contributed by atoms with E-state index in [0.29, 0.717) is 19.3 Å². The first-order valence-corrected chi connectivity index (χ1v) is 25.1. The molecule has 0 radical (unpaired) electrons. The number of allylic oxidation sites excluding steroid dienone is 2. The molecule has 0 rings (SSSR count). The molecule has 3 unspecified atom stereocenters. The smallest absolute Gasteiger partial charge is 0.266 e. The van der Waals surface area contributed by atoms with Gasteiger partial charge in [-0.25, -0.2) is 0 Å². The van der Waals surface area contributed by atoms with Crippen LogP contribution in [0.25, 0.3) is 0 Å². The van der Waals surface area contributed by atoms with Gasteiger partial charge in [0, 0.05) is 0 Å². The number of amides is 1. The summed E-state index contributed by atoms with van der Waals surface area (Å²) in [4.78, 5) is 12.6. The average molecular weight is 786 g/mol. The number of hydrogen-bond donors (Lipinski definition) is 4. The Hall–Kier alpha value is -0.960. The third-order valence-corrected chi connectivity index (χ3v) is 11.9. The first kappa shape index (κ1) is 53.0. The Morgan fingerprint density at radius 3 is 1.11 bits per heavy atom. The number of carbonyl (C=O) groups is 1. The van der Waals surface area contributed by atoms with Gasteiger partial charge in [0.15, 0.2) is 0 Å². The van der Waals surface area contributed by atoms with E-state index in [0.717, 1.165) is 51.4 Å². The number of rotatable bonds is 43. The first-order valence-electron chi connectivity index (χ1n) is 23.5. The van der Waals surface area contributed by atoms with Gasteiger partial charge in [0.05, 0.1) is 17.9 Å². The van der Waals surface area contributed by atoms with Crippen molar-refractivity contribution in [2.24, 2.45) is 0 Å². The van der Waals surface area contributed by atoms with E-state index < -0.39 is 40.0 Å². The van der Waals surface area contributed by atoms with Gasteiger partial charge in [-0.3, -0.25) is 9.35 Å². The highest BCUT2D eigenvalue weighted by Crippen LogP contribution is 2.17. The van der Waals surface area contributed by atoms with E-state index in [4.69, 9.17) is 0 Å². The molecule has 0 bridgehead atoms. The molecule has 0 aromatic heterocycles. The van der Waals surface area contributed by atoms with Gasteiger partial charge in [-0.15, -0.1) is 0 Å². The Labute approximate surface area is 335 Å². The number of nitrogens with one attached hydrogen (secondary N) is 1. The predicted molar refractivity (Wildman–Crippen MR) is 232 cm³/mol.